The molecule has 6 heteroatoms. The van der Waals surface area contributed by atoms with Gasteiger partial charge in [-0.2, -0.15) is 0 Å². The number of amides is 2. The maximum Gasteiger partial charge on any atom is 0.248 e. The van der Waals surface area contributed by atoms with Gasteiger partial charge in [-0.3, -0.25) is 9.59 Å². The van der Waals surface area contributed by atoms with E-state index >= 15 is 0 Å². The average Bonchev–Trinajstić information content (AvgIpc) is 2.55. The highest BCUT2D eigenvalue weighted by Gasteiger charge is 2.38. The Bertz CT molecular complexity index is 577. The summed E-state index contributed by atoms with van der Waals surface area (Å²) in [7, 11) is 0. The number of hydrogen-bond acceptors (Lipinski definition) is 2. The molecule has 21 heavy (non-hydrogen) atoms. The molecule has 4 nitrogen and oxygen atoms in total. The van der Waals surface area contributed by atoms with Crippen LogP contribution in [0.4, 0.5) is 0 Å². The minimum absolute atomic E-state index is 0.0677. The number of hydrogen-bond donors (Lipinski definition) is 1. The zero-order valence-electron chi connectivity index (χ0n) is 12.1. The first-order valence-corrected chi connectivity index (χ1v) is 7.65. The number of nitrogens with zero attached hydrogens (tertiary/aromatic N) is 1. The molecule has 1 aromatic rings. The van der Waals surface area contributed by atoms with E-state index in [-0.39, 0.29) is 11.8 Å². The summed E-state index contributed by atoms with van der Waals surface area (Å²) in [5.41, 5.74) is 0.0506. The summed E-state index contributed by atoms with van der Waals surface area (Å²) in [6.45, 7) is 4.47. The molecule has 1 aliphatic heterocycles. The van der Waals surface area contributed by atoms with Crippen molar-refractivity contribution in [2.75, 3.05) is 6.54 Å². The van der Waals surface area contributed by atoms with Crippen LogP contribution in [0.5, 0.6) is 0 Å². The normalized spacial score (nSPS) is 23.0. The van der Waals surface area contributed by atoms with E-state index in [1.165, 1.54) is 0 Å². The predicted molar refractivity (Wildman–Crippen MR) is 83.3 cm³/mol. The van der Waals surface area contributed by atoms with Crippen LogP contribution in [0.25, 0.3) is 0 Å². The largest absolute Gasteiger partial charge is 0.342 e. The molecule has 1 saturated heterocycles. The zero-order chi connectivity index (χ0) is 15.6. The fraction of sp³-hybridized carbons (Fsp3) is 0.467. The molecule has 1 aromatic carbocycles. The zero-order valence-corrected chi connectivity index (χ0v) is 13.6. The lowest BCUT2D eigenvalue weighted by molar-refractivity contribution is -0.138. The molecule has 1 heterocycles. The summed E-state index contributed by atoms with van der Waals surface area (Å²) in [5.74, 6) is -0.161. The first kappa shape index (κ1) is 16.1. The molecule has 0 aromatic heterocycles. The highest BCUT2D eigenvalue weighted by molar-refractivity contribution is 6.42. The Morgan fingerprint density at radius 2 is 2.00 bits per heavy atom. The van der Waals surface area contributed by atoms with Crippen LogP contribution >= 0.6 is 23.2 Å². The van der Waals surface area contributed by atoms with E-state index in [0.717, 1.165) is 5.56 Å². The molecule has 2 amide bonds. The van der Waals surface area contributed by atoms with Crippen molar-refractivity contribution in [2.24, 2.45) is 0 Å². The Balaban J connectivity index is 2.23. The second kappa shape index (κ2) is 6.24. The van der Waals surface area contributed by atoms with Gasteiger partial charge in [0.1, 0.15) is 5.54 Å². The van der Waals surface area contributed by atoms with Gasteiger partial charge in [0.25, 0.3) is 0 Å². The van der Waals surface area contributed by atoms with Crippen molar-refractivity contribution in [3.05, 3.63) is 33.8 Å². The van der Waals surface area contributed by atoms with Gasteiger partial charge in [0.05, 0.1) is 10.0 Å². The molecule has 0 spiro atoms. The number of nitrogens with one attached hydrogen (secondary N) is 1. The van der Waals surface area contributed by atoms with Gasteiger partial charge in [0, 0.05) is 19.5 Å². The minimum Gasteiger partial charge on any atom is -0.342 e. The van der Waals surface area contributed by atoms with Gasteiger partial charge < -0.3 is 10.2 Å². The topological polar surface area (TPSA) is 49.4 Å². The van der Waals surface area contributed by atoms with Crippen LogP contribution in [0, 0.1) is 0 Å². The van der Waals surface area contributed by atoms with Crippen molar-refractivity contribution < 1.29 is 9.59 Å². The Morgan fingerprint density at radius 1 is 1.29 bits per heavy atom. The van der Waals surface area contributed by atoms with Crippen molar-refractivity contribution in [2.45, 2.75) is 38.8 Å². The molecule has 1 unspecified atom stereocenters. The Morgan fingerprint density at radius 3 is 2.62 bits per heavy atom. The molecule has 0 aliphatic carbocycles. The average molecular weight is 329 g/mol. The maximum absolute atomic E-state index is 12.7. The lowest BCUT2D eigenvalue weighted by Crippen LogP contribution is -2.54. The summed E-state index contributed by atoms with van der Waals surface area (Å²) in [6.07, 6.45) is 0.859. The van der Waals surface area contributed by atoms with Gasteiger partial charge in [-0.05, 0) is 31.0 Å². The number of carbonyl (C=O) groups is 2. The highest BCUT2D eigenvalue weighted by atomic mass is 35.5. The van der Waals surface area contributed by atoms with Crippen LogP contribution < -0.4 is 5.32 Å². The monoisotopic (exact) mass is 328 g/mol. The van der Waals surface area contributed by atoms with E-state index in [0.29, 0.717) is 36.0 Å². The first-order valence-electron chi connectivity index (χ1n) is 6.90. The van der Waals surface area contributed by atoms with Crippen molar-refractivity contribution in [1.82, 2.24) is 10.2 Å². The Kier molecular flexibility index (Phi) is 4.79. The third kappa shape index (κ3) is 3.50. The van der Waals surface area contributed by atoms with Crippen LogP contribution in [0.15, 0.2) is 18.2 Å². The molecule has 1 fully saturated rings. The fourth-order valence-corrected chi connectivity index (χ4v) is 2.68. The molecule has 1 aliphatic rings. The van der Waals surface area contributed by atoms with Crippen LogP contribution in [0.3, 0.4) is 0 Å². The van der Waals surface area contributed by atoms with E-state index < -0.39 is 5.54 Å². The molecule has 114 valence electrons. The number of benzene rings is 1. The van der Waals surface area contributed by atoms with Gasteiger partial charge in [-0.25, -0.2) is 0 Å². The molecule has 0 radical (unpaired) electrons. The van der Waals surface area contributed by atoms with E-state index in [9.17, 15) is 9.59 Å². The summed E-state index contributed by atoms with van der Waals surface area (Å²) in [4.78, 5) is 26.1. The van der Waals surface area contributed by atoms with Crippen molar-refractivity contribution >= 4 is 35.0 Å². The second-order valence-corrected chi connectivity index (χ2v) is 6.27. The molecule has 0 saturated carbocycles. The molecule has 1 N–H and O–H groups in total. The van der Waals surface area contributed by atoms with Crippen molar-refractivity contribution in [3.63, 3.8) is 0 Å². The van der Waals surface area contributed by atoms with E-state index in [2.05, 4.69) is 5.32 Å². The Labute approximate surface area is 134 Å². The number of carbonyl (C=O) groups excluding carboxylic acids is 2. The molecular formula is C15H18Cl2N2O2. The second-order valence-electron chi connectivity index (χ2n) is 5.46. The summed E-state index contributed by atoms with van der Waals surface area (Å²) >= 11 is 11.9. The SMILES string of the molecule is CCC1(C)NC(=O)CCN(Cc2ccc(Cl)c(Cl)c2)C1=O. The van der Waals surface area contributed by atoms with Crippen LogP contribution in [0.1, 0.15) is 32.3 Å². The van der Waals surface area contributed by atoms with Crippen LogP contribution in [0.2, 0.25) is 10.0 Å². The maximum atomic E-state index is 12.7. The van der Waals surface area contributed by atoms with E-state index in [1.54, 1.807) is 24.0 Å². The van der Waals surface area contributed by atoms with Crippen molar-refractivity contribution in [3.8, 4) is 0 Å². The molecular weight excluding hydrogens is 311 g/mol. The number of rotatable bonds is 3. The van der Waals surface area contributed by atoms with E-state index in [4.69, 9.17) is 23.2 Å². The summed E-state index contributed by atoms with van der Waals surface area (Å²) < 4.78 is 0. The van der Waals surface area contributed by atoms with Crippen molar-refractivity contribution in [1.29, 1.82) is 0 Å². The third-order valence-electron chi connectivity index (χ3n) is 3.85. The lowest BCUT2D eigenvalue weighted by atomic mass is 9.97. The number of halogens is 2. The lowest BCUT2D eigenvalue weighted by Gasteiger charge is -2.31. The van der Waals surface area contributed by atoms with Gasteiger partial charge in [-0.15, -0.1) is 0 Å². The third-order valence-corrected chi connectivity index (χ3v) is 4.59. The molecule has 0 bridgehead atoms. The quantitative estimate of drug-likeness (QED) is 0.927. The molecule has 1 atom stereocenters. The van der Waals surface area contributed by atoms with Gasteiger partial charge in [-0.1, -0.05) is 36.2 Å². The van der Waals surface area contributed by atoms with Crippen LogP contribution in [-0.2, 0) is 16.1 Å². The molecule has 2 rings (SSSR count). The smallest absolute Gasteiger partial charge is 0.248 e. The summed E-state index contributed by atoms with van der Waals surface area (Å²) in [6, 6.07) is 5.30. The standard InChI is InChI=1S/C15H18Cl2N2O2/c1-3-15(2)14(21)19(7-6-13(20)18-15)9-10-4-5-11(16)12(17)8-10/h4-5,8H,3,6-7,9H2,1-2H3,(H,18,20). The van der Waals surface area contributed by atoms with Crippen LogP contribution in [-0.4, -0.2) is 28.8 Å². The van der Waals surface area contributed by atoms with Gasteiger partial charge in [0.15, 0.2) is 0 Å². The first-order chi connectivity index (χ1) is 9.85. The summed E-state index contributed by atoms with van der Waals surface area (Å²) in [5, 5.41) is 3.76. The Hall–Kier alpha value is -1.26. The predicted octanol–water partition coefficient (Wildman–Crippen LogP) is 3.01. The highest BCUT2D eigenvalue weighted by Crippen LogP contribution is 2.25. The van der Waals surface area contributed by atoms with E-state index in [1.807, 2.05) is 13.0 Å². The minimum atomic E-state index is -0.843. The van der Waals surface area contributed by atoms with Gasteiger partial charge >= 0.3 is 0 Å². The van der Waals surface area contributed by atoms with Gasteiger partial charge in [0.2, 0.25) is 11.8 Å². The fourth-order valence-electron chi connectivity index (χ4n) is 2.36.